The van der Waals surface area contributed by atoms with Gasteiger partial charge >= 0.3 is 0 Å². The monoisotopic (exact) mass is 522 g/mol. The molecule has 0 aliphatic rings. The van der Waals surface area contributed by atoms with Crippen LogP contribution in [0.2, 0.25) is 0 Å². The van der Waals surface area contributed by atoms with Crippen LogP contribution in [0, 0.1) is 0 Å². The highest BCUT2D eigenvalue weighted by atomic mass is 15.0. The van der Waals surface area contributed by atoms with Crippen molar-refractivity contribution >= 4 is 60.0 Å². The van der Waals surface area contributed by atoms with Gasteiger partial charge in [-0.3, -0.25) is 9.38 Å². The summed E-state index contributed by atoms with van der Waals surface area (Å²) in [6.07, 6.45) is 3.97. The van der Waals surface area contributed by atoms with Crippen molar-refractivity contribution in [3.63, 3.8) is 0 Å². The number of nitrogens with zero attached hydrogens (tertiary/aromatic N) is 4. The molecule has 4 heterocycles. The van der Waals surface area contributed by atoms with Crippen LogP contribution in [-0.4, -0.2) is 19.4 Å². The summed E-state index contributed by atoms with van der Waals surface area (Å²) in [4.78, 5) is 15.3. The number of para-hydroxylation sites is 2. The van der Waals surface area contributed by atoms with Crippen molar-refractivity contribution in [3.8, 4) is 22.4 Å². The summed E-state index contributed by atoms with van der Waals surface area (Å²) in [5.74, 6) is 0. The lowest BCUT2D eigenvalue weighted by Gasteiger charge is -2.18. The van der Waals surface area contributed by atoms with Gasteiger partial charge in [0.05, 0.1) is 16.7 Å². The van der Waals surface area contributed by atoms with Gasteiger partial charge in [-0.05, 0) is 51.4 Å². The lowest BCUT2D eigenvalue weighted by molar-refractivity contribution is 1.22. The molecule has 0 saturated heterocycles. The number of pyridine rings is 3. The van der Waals surface area contributed by atoms with Gasteiger partial charge in [-0.15, -0.1) is 0 Å². The third kappa shape index (κ3) is 3.13. The van der Waals surface area contributed by atoms with Crippen LogP contribution in [0.25, 0.3) is 82.4 Å². The zero-order valence-electron chi connectivity index (χ0n) is 22.0. The van der Waals surface area contributed by atoms with E-state index < -0.39 is 0 Å². The van der Waals surface area contributed by atoms with E-state index in [2.05, 4.69) is 114 Å². The van der Waals surface area contributed by atoms with E-state index in [0.717, 1.165) is 66.1 Å². The van der Waals surface area contributed by atoms with Crippen molar-refractivity contribution < 1.29 is 0 Å². The Balaban J connectivity index is 1.52. The van der Waals surface area contributed by atoms with Crippen LogP contribution >= 0.6 is 0 Å². The molecule has 4 heteroatoms. The molecule has 0 aliphatic carbocycles. The minimum Gasteiger partial charge on any atom is -0.298 e. The van der Waals surface area contributed by atoms with Crippen LogP contribution in [-0.2, 0) is 0 Å². The van der Waals surface area contributed by atoms with Crippen LogP contribution in [0.1, 0.15) is 0 Å². The van der Waals surface area contributed by atoms with Gasteiger partial charge in [0, 0.05) is 34.3 Å². The number of rotatable bonds is 2. The second kappa shape index (κ2) is 8.44. The Bertz CT molecular complexity index is 2430. The number of hydrogen-bond acceptors (Lipinski definition) is 3. The molecule has 0 aliphatic heterocycles. The van der Waals surface area contributed by atoms with Crippen LogP contribution in [0.3, 0.4) is 0 Å². The SMILES string of the molecule is c1cnc2c(-c3c4ccccc4c(-c4nc5ccccc5c5nc6ccccn6c45)c4ccccc34)cccc2c1. The van der Waals surface area contributed by atoms with E-state index in [1.54, 1.807) is 0 Å². The second-order valence-electron chi connectivity index (χ2n) is 10.4. The largest absolute Gasteiger partial charge is 0.298 e. The minimum absolute atomic E-state index is 0.911. The molecular weight excluding hydrogens is 500 g/mol. The van der Waals surface area contributed by atoms with E-state index in [1.165, 1.54) is 16.3 Å². The van der Waals surface area contributed by atoms with Crippen molar-refractivity contribution in [2.75, 3.05) is 0 Å². The van der Waals surface area contributed by atoms with Crippen molar-refractivity contribution in [3.05, 3.63) is 134 Å². The molecule has 0 unspecified atom stereocenters. The van der Waals surface area contributed by atoms with Crippen molar-refractivity contribution in [1.29, 1.82) is 0 Å². The Kier molecular flexibility index (Phi) is 4.58. The highest BCUT2D eigenvalue weighted by Crippen LogP contribution is 2.46. The summed E-state index contributed by atoms with van der Waals surface area (Å²) in [6, 6.07) is 42.5. The Morgan fingerprint density at radius 3 is 1.93 bits per heavy atom. The van der Waals surface area contributed by atoms with Gasteiger partial charge in [0.2, 0.25) is 0 Å². The normalized spacial score (nSPS) is 11.9. The van der Waals surface area contributed by atoms with Crippen molar-refractivity contribution in [2.45, 2.75) is 0 Å². The van der Waals surface area contributed by atoms with Crippen LogP contribution < -0.4 is 0 Å². The van der Waals surface area contributed by atoms with E-state index in [4.69, 9.17) is 15.0 Å². The maximum absolute atomic E-state index is 5.38. The molecule has 0 bridgehead atoms. The van der Waals surface area contributed by atoms with Gasteiger partial charge in [-0.25, -0.2) is 9.97 Å². The second-order valence-corrected chi connectivity index (χ2v) is 10.4. The Morgan fingerprint density at radius 1 is 0.488 bits per heavy atom. The van der Waals surface area contributed by atoms with E-state index in [9.17, 15) is 0 Å². The standard InChI is InChI=1S/C37H22N4/c1-3-15-26-24(13-1)32(29-18-9-11-23-12-10-21-38-34(23)29)25-14-2-4-16-27(25)33(26)36-37-35(28-17-5-6-19-30(28)39-36)40-31-20-7-8-22-41(31)37/h1-22H. The first kappa shape index (κ1) is 22.2. The molecule has 41 heavy (non-hydrogen) atoms. The predicted octanol–water partition coefficient (Wildman–Crippen LogP) is 9.22. The highest BCUT2D eigenvalue weighted by molar-refractivity contribution is 6.25. The fourth-order valence-corrected chi connectivity index (χ4v) is 6.51. The molecule has 0 N–H and O–H groups in total. The summed E-state index contributed by atoms with van der Waals surface area (Å²) in [7, 11) is 0. The quantitative estimate of drug-likeness (QED) is 0.213. The number of hydrogen-bond donors (Lipinski definition) is 0. The first-order valence-corrected chi connectivity index (χ1v) is 13.8. The van der Waals surface area contributed by atoms with Gasteiger partial charge in [0.1, 0.15) is 16.7 Å². The third-order valence-corrected chi connectivity index (χ3v) is 8.22. The fraction of sp³-hybridized carbons (Fsp3) is 0. The molecule has 0 radical (unpaired) electrons. The average molecular weight is 523 g/mol. The van der Waals surface area contributed by atoms with Crippen LogP contribution in [0.5, 0.6) is 0 Å². The smallest absolute Gasteiger partial charge is 0.137 e. The van der Waals surface area contributed by atoms with E-state index in [0.29, 0.717) is 0 Å². The summed E-state index contributed by atoms with van der Waals surface area (Å²) in [5.41, 5.74) is 9.23. The molecule has 0 amide bonds. The van der Waals surface area contributed by atoms with Gasteiger partial charge in [-0.1, -0.05) is 97.1 Å². The molecule has 0 atom stereocenters. The van der Waals surface area contributed by atoms with E-state index in [-0.39, 0.29) is 0 Å². The van der Waals surface area contributed by atoms with Gasteiger partial charge in [0.15, 0.2) is 0 Å². The summed E-state index contributed by atoms with van der Waals surface area (Å²) in [6.45, 7) is 0. The minimum atomic E-state index is 0.911. The Morgan fingerprint density at radius 2 is 1.15 bits per heavy atom. The Labute approximate surface area is 235 Å². The first-order valence-electron chi connectivity index (χ1n) is 13.8. The zero-order chi connectivity index (χ0) is 26.9. The lowest BCUT2D eigenvalue weighted by Crippen LogP contribution is -1.96. The molecule has 9 rings (SSSR count). The Hall–Kier alpha value is -5.61. The number of benzene rings is 5. The predicted molar refractivity (Wildman–Crippen MR) is 169 cm³/mol. The molecule has 4 aromatic heterocycles. The maximum atomic E-state index is 5.38. The van der Waals surface area contributed by atoms with E-state index >= 15 is 0 Å². The highest BCUT2D eigenvalue weighted by Gasteiger charge is 2.23. The van der Waals surface area contributed by atoms with Crippen LogP contribution in [0.15, 0.2) is 134 Å². The molecular formula is C37H22N4. The maximum Gasteiger partial charge on any atom is 0.137 e. The molecule has 0 fully saturated rings. The fourth-order valence-electron chi connectivity index (χ4n) is 6.51. The summed E-state index contributed by atoms with van der Waals surface area (Å²) < 4.78 is 2.18. The zero-order valence-corrected chi connectivity index (χ0v) is 22.0. The average Bonchev–Trinajstić information content (AvgIpc) is 3.43. The van der Waals surface area contributed by atoms with Crippen LogP contribution in [0.4, 0.5) is 0 Å². The third-order valence-electron chi connectivity index (χ3n) is 8.22. The van der Waals surface area contributed by atoms with E-state index in [1.807, 2.05) is 24.4 Å². The topological polar surface area (TPSA) is 43.1 Å². The molecule has 0 spiro atoms. The summed E-state index contributed by atoms with van der Waals surface area (Å²) in [5, 5.41) is 6.86. The van der Waals surface area contributed by atoms with Gasteiger partial charge < -0.3 is 0 Å². The molecule has 0 saturated carbocycles. The first-order chi connectivity index (χ1) is 20.4. The number of imidazole rings is 1. The molecule has 190 valence electrons. The number of aromatic nitrogens is 4. The lowest BCUT2D eigenvalue weighted by atomic mass is 9.86. The van der Waals surface area contributed by atoms with Gasteiger partial charge in [0.25, 0.3) is 0 Å². The number of fused-ring (bicyclic) bond motifs is 8. The molecule has 5 aromatic carbocycles. The van der Waals surface area contributed by atoms with Crippen molar-refractivity contribution in [2.24, 2.45) is 0 Å². The molecule has 9 aromatic rings. The summed E-state index contributed by atoms with van der Waals surface area (Å²) >= 11 is 0. The molecule has 4 nitrogen and oxygen atoms in total. The van der Waals surface area contributed by atoms with Crippen molar-refractivity contribution in [1.82, 2.24) is 19.4 Å². The van der Waals surface area contributed by atoms with Gasteiger partial charge in [-0.2, -0.15) is 0 Å².